The minimum absolute atomic E-state index is 0.500. The molecule has 0 aliphatic heterocycles. The average molecular weight is 244 g/mol. The highest BCUT2D eigenvalue weighted by Crippen LogP contribution is 2.36. The Bertz CT molecular complexity index is 407. The fraction of sp³-hybridized carbons (Fsp3) is 0.688. The van der Waals surface area contributed by atoms with Gasteiger partial charge in [0.05, 0.1) is 11.7 Å². The third kappa shape index (κ3) is 2.44. The van der Waals surface area contributed by atoms with Crippen LogP contribution in [0.5, 0.6) is 0 Å². The molecular weight excluding hydrogens is 220 g/mol. The van der Waals surface area contributed by atoms with Gasteiger partial charge in [-0.2, -0.15) is 0 Å². The Hall–Kier alpha value is -0.890. The number of nitrogens with zero attached hydrogens (tertiary/aromatic N) is 1. The molecule has 1 heterocycles. The summed E-state index contributed by atoms with van der Waals surface area (Å²) in [4.78, 5) is 4.56. The summed E-state index contributed by atoms with van der Waals surface area (Å²) in [5.74, 6) is 0. The van der Waals surface area contributed by atoms with Crippen LogP contribution in [0, 0.1) is 5.41 Å². The number of aryl methyl sites for hydroxylation is 1. The fourth-order valence-electron chi connectivity index (χ4n) is 3.56. The SMILES string of the molecule is CC1(CNC2CCc3cccnc32)CCCCC1. The van der Waals surface area contributed by atoms with Gasteiger partial charge in [-0.05, 0) is 42.7 Å². The summed E-state index contributed by atoms with van der Waals surface area (Å²) < 4.78 is 0. The molecule has 0 bridgehead atoms. The van der Waals surface area contributed by atoms with E-state index in [-0.39, 0.29) is 0 Å². The second kappa shape index (κ2) is 5.00. The zero-order valence-corrected chi connectivity index (χ0v) is 11.4. The van der Waals surface area contributed by atoms with Gasteiger partial charge in [0.25, 0.3) is 0 Å². The van der Waals surface area contributed by atoms with E-state index in [0.717, 1.165) is 6.54 Å². The number of aromatic nitrogens is 1. The van der Waals surface area contributed by atoms with Gasteiger partial charge < -0.3 is 5.32 Å². The van der Waals surface area contributed by atoms with Gasteiger partial charge in [0.1, 0.15) is 0 Å². The highest BCUT2D eigenvalue weighted by molar-refractivity contribution is 5.27. The van der Waals surface area contributed by atoms with Crippen LogP contribution in [0.3, 0.4) is 0 Å². The van der Waals surface area contributed by atoms with Crippen LogP contribution in [-0.2, 0) is 6.42 Å². The van der Waals surface area contributed by atoms with Crippen LogP contribution in [-0.4, -0.2) is 11.5 Å². The standard InChI is InChI=1S/C16H24N2/c1-16(9-3-2-4-10-16)12-18-14-8-7-13-6-5-11-17-15(13)14/h5-6,11,14,18H,2-4,7-10,12H2,1H3. The van der Waals surface area contributed by atoms with Crippen molar-refractivity contribution in [1.29, 1.82) is 0 Å². The molecule has 1 atom stereocenters. The first kappa shape index (κ1) is 12.2. The molecule has 1 unspecified atom stereocenters. The predicted octanol–water partition coefficient (Wildman–Crippen LogP) is 3.63. The number of hydrogen-bond donors (Lipinski definition) is 1. The molecule has 2 aliphatic carbocycles. The van der Waals surface area contributed by atoms with Crippen LogP contribution in [0.4, 0.5) is 0 Å². The predicted molar refractivity (Wildman–Crippen MR) is 74.5 cm³/mol. The van der Waals surface area contributed by atoms with Crippen molar-refractivity contribution < 1.29 is 0 Å². The van der Waals surface area contributed by atoms with Crippen LogP contribution >= 0.6 is 0 Å². The first-order valence-corrected chi connectivity index (χ1v) is 7.44. The summed E-state index contributed by atoms with van der Waals surface area (Å²) in [7, 11) is 0. The molecule has 1 saturated carbocycles. The van der Waals surface area contributed by atoms with Crippen molar-refractivity contribution in [2.24, 2.45) is 5.41 Å². The second-order valence-electron chi connectivity index (χ2n) is 6.39. The van der Waals surface area contributed by atoms with Crippen LogP contribution < -0.4 is 5.32 Å². The Morgan fingerprint density at radius 1 is 1.33 bits per heavy atom. The zero-order valence-electron chi connectivity index (χ0n) is 11.4. The molecule has 1 fully saturated rings. The first-order chi connectivity index (χ1) is 8.77. The van der Waals surface area contributed by atoms with Gasteiger partial charge in [0.15, 0.2) is 0 Å². The molecule has 0 radical (unpaired) electrons. The zero-order chi connectivity index (χ0) is 12.4. The normalized spacial score (nSPS) is 25.9. The minimum atomic E-state index is 0.500. The van der Waals surface area contributed by atoms with E-state index in [9.17, 15) is 0 Å². The van der Waals surface area contributed by atoms with Gasteiger partial charge in [0, 0.05) is 12.7 Å². The molecular formula is C16H24N2. The summed E-state index contributed by atoms with van der Waals surface area (Å²) in [5.41, 5.74) is 3.27. The topological polar surface area (TPSA) is 24.9 Å². The molecule has 1 N–H and O–H groups in total. The van der Waals surface area contributed by atoms with Gasteiger partial charge >= 0.3 is 0 Å². The van der Waals surface area contributed by atoms with E-state index in [1.54, 1.807) is 0 Å². The highest BCUT2D eigenvalue weighted by atomic mass is 15.0. The third-order valence-corrected chi connectivity index (χ3v) is 4.79. The second-order valence-corrected chi connectivity index (χ2v) is 6.39. The van der Waals surface area contributed by atoms with Gasteiger partial charge in [-0.3, -0.25) is 4.98 Å². The van der Waals surface area contributed by atoms with Crippen molar-refractivity contribution in [3.05, 3.63) is 29.6 Å². The van der Waals surface area contributed by atoms with Gasteiger partial charge in [0.2, 0.25) is 0 Å². The van der Waals surface area contributed by atoms with E-state index in [1.165, 1.54) is 56.2 Å². The molecule has 0 aromatic carbocycles. The number of pyridine rings is 1. The van der Waals surface area contributed by atoms with Gasteiger partial charge in [-0.15, -0.1) is 0 Å². The molecule has 1 aromatic rings. The van der Waals surface area contributed by atoms with Crippen LogP contribution in [0.15, 0.2) is 18.3 Å². The summed E-state index contributed by atoms with van der Waals surface area (Å²) in [6, 6.07) is 4.79. The Morgan fingerprint density at radius 3 is 3.00 bits per heavy atom. The van der Waals surface area contributed by atoms with Crippen LogP contribution in [0.1, 0.15) is 62.7 Å². The molecule has 18 heavy (non-hydrogen) atoms. The maximum absolute atomic E-state index is 4.56. The lowest BCUT2D eigenvalue weighted by atomic mass is 9.75. The Balaban J connectivity index is 1.61. The number of rotatable bonds is 3. The third-order valence-electron chi connectivity index (χ3n) is 4.79. The van der Waals surface area contributed by atoms with Gasteiger partial charge in [-0.25, -0.2) is 0 Å². The smallest absolute Gasteiger partial charge is 0.0605 e. The lowest BCUT2D eigenvalue weighted by Crippen LogP contribution is -2.35. The molecule has 98 valence electrons. The lowest BCUT2D eigenvalue weighted by molar-refractivity contribution is 0.200. The average Bonchev–Trinajstić information content (AvgIpc) is 2.81. The Morgan fingerprint density at radius 2 is 2.17 bits per heavy atom. The van der Waals surface area contributed by atoms with E-state index in [0.29, 0.717) is 11.5 Å². The number of fused-ring (bicyclic) bond motifs is 1. The molecule has 2 aliphatic rings. The molecule has 1 aromatic heterocycles. The fourth-order valence-corrected chi connectivity index (χ4v) is 3.56. The maximum atomic E-state index is 4.56. The van der Waals surface area contributed by atoms with E-state index in [2.05, 4.69) is 29.4 Å². The summed E-state index contributed by atoms with van der Waals surface area (Å²) in [6.45, 7) is 3.61. The monoisotopic (exact) mass is 244 g/mol. The maximum Gasteiger partial charge on any atom is 0.0605 e. The van der Waals surface area contributed by atoms with E-state index in [1.807, 2.05) is 6.20 Å². The van der Waals surface area contributed by atoms with Crippen molar-refractivity contribution in [2.75, 3.05) is 6.54 Å². The summed E-state index contributed by atoms with van der Waals surface area (Å²) in [5, 5.41) is 3.79. The van der Waals surface area contributed by atoms with E-state index >= 15 is 0 Å². The quantitative estimate of drug-likeness (QED) is 0.878. The van der Waals surface area contributed by atoms with Crippen molar-refractivity contribution >= 4 is 0 Å². The van der Waals surface area contributed by atoms with Crippen molar-refractivity contribution in [3.8, 4) is 0 Å². The minimum Gasteiger partial charge on any atom is -0.308 e. The molecule has 0 saturated heterocycles. The summed E-state index contributed by atoms with van der Waals surface area (Å²) in [6.07, 6.45) is 11.4. The highest BCUT2D eigenvalue weighted by Gasteiger charge is 2.29. The first-order valence-electron chi connectivity index (χ1n) is 7.44. The van der Waals surface area contributed by atoms with Crippen molar-refractivity contribution in [3.63, 3.8) is 0 Å². The van der Waals surface area contributed by atoms with Crippen molar-refractivity contribution in [2.45, 2.75) is 57.9 Å². The summed E-state index contributed by atoms with van der Waals surface area (Å²) >= 11 is 0. The Kier molecular flexibility index (Phi) is 3.38. The molecule has 0 spiro atoms. The molecule has 3 rings (SSSR count). The Labute approximate surface area is 110 Å². The lowest BCUT2D eigenvalue weighted by Gasteiger charge is -2.34. The molecule has 0 amide bonds. The molecule has 2 heteroatoms. The number of nitrogens with one attached hydrogen (secondary N) is 1. The van der Waals surface area contributed by atoms with E-state index < -0.39 is 0 Å². The van der Waals surface area contributed by atoms with Crippen LogP contribution in [0.2, 0.25) is 0 Å². The van der Waals surface area contributed by atoms with Crippen molar-refractivity contribution in [1.82, 2.24) is 10.3 Å². The van der Waals surface area contributed by atoms with Gasteiger partial charge in [-0.1, -0.05) is 32.3 Å². The number of hydrogen-bond acceptors (Lipinski definition) is 2. The molecule has 2 nitrogen and oxygen atoms in total. The van der Waals surface area contributed by atoms with Crippen LogP contribution in [0.25, 0.3) is 0 Å². The largest absolute Gasteiger partial charge is 0.308 e. The van der Waals surface area contributed by atoms with E-state index in [4.69, 9.17) is 0 Å².